The van der Waals surface area contributed by atoms with Gasteiger partial charge in [-0.15, -0.1) is 0 Å². The van der Waals surface area contributed by atoms with E-state index in [9.17, 15) is 13.2 Å². The zero-order chi connectivity index (χ0) is 14.0. The van der Waals surface area contributed by atoms with Crippen molar-refractivity contribution in [3.63, 3.8) is 0 Å². The first-order chi connectivity index (χ1) is 8.96. The van der Waals surface area contributed by atoms with Gasteiger partial charge in [-0.25, -0.2) is 8.42 Å². The maximum absolute atomic E-state index is 12.5. The van der Waals surface area contributed by atoms with E-state index in [2.05, 4.69) is 0 Å². The van der Waals surface area contributed by atoms with Crippen LogP contribution in [0.1, 0.15) is 19.3 Å². The Morgan fingerprint density at radius 2 is 2.16 bits per heavy atom. The Morgan fingerprint density at radius 3 is 2.74 bits per heavy atom. The lowest BCUT2D eigenvalue weighted by Gasteiger charge is -2.32. The van der Waals surface area contributed by atoms with Gasteiger partial charge in [-0.2, -0.15) is 4.31 Å². The molecule has 2 rings (SSSR count). The van der Waals surface area contributed by atoms with Crippen molar-refractivity contribution in [1.82, 2.24) is 8.87 Å². The second-order valence-electron chi connectivity index (χ2n) is 4.66. The van der Waals surface area contributed by atoms with Crippen LogP contribution in [0.3, 0.4) is 0 Å². The Balaban J connectivity index is 2.34. The molecule has 106 valence electrons. The van der Waals surface area contributed by atoms with Gasteiger partial charge >= 0.3 is 5.97 Å². The van der Waals surface area contributed by atoms with Crippen LogP contribution in [-0.4, -0.2) is 43.0 Å². The van der Waals surface area contributed by atoms with Crippen molar-refractivity contribution >= 4 is 16.0 Å². The Labute approximate surface area is 113 Å². The van der Waals surface area contributed by atoms with Crippen LogP contribution in [0.2, 0.25) is 0 Å². The molecule has 0 bridgehead atoms. The molecule has 0 spiro atoms. The molecular formula is C12H18N2O4S. The fraction of sp³-hybridized carbons (Fsp3) is 0.583. The number of piperidine rings is 1. The Morgan fingerprint density at radius 1 is 1.42 bits per heavy atom. The number of aryl methyl sites for hydroxylation is 1. The average molecular weight is 286 g/mol. The molecule has 1 aromatic heterocycles. The van der Waals surface area contributed by atoms with Gasteiger partial charge in [0.25, 0.3) is 0 Å². The summed E-state index contributed by atoms with van der Waals surface area (Å²) >= 11 is 0. The topological polar surface area (TPSA) is 68.6 Å². The van der Waals surface area contributed by atoms with Crippen molar-refractivity contribution in [2.24, 2.45) is 7.05 Å². The lowest BCUT2D eigenvalue weighted by molar-refractivity contribution is -0.146. The molecule has 1 unspecified atom stereocenters. The second kappa shape index (κ2) is 5.34. The first-order valence-corrected chi connectivity index (χ1v) is 7.62. The predicted molar refractivity (Wildman–Crippen MR) is 69.0 cm³/mol. The molecule has 1 aromatic rings. The smallest absolute Gasteiger partial charge is 0.324 e. The molecule has 19 heavy (non-hydrogen) atoms. The number of rotatable bonds is 3. The van der Waals surface area contributed by atoms with Gasteiger partial charge in [-0.05, 0) is 25.3 Å². The van der Waals surface area contributed by atoms with E-state index in [1.54, 1.807) is 17.8 Å². The zero-order valence-electron chi connectivity index (χ0n) is 11.1. The zero-order valence-corrected chi connectivity index (χ0v) is 11.9. The van der Waals surface area contributed by atoms with E-state index in [1.807, 2.05) is 0 Å². The fourth-order valence-corrected chi connectivity index (χ4v) is 4.03. The summed E-state index contributed by atoms with van der Waals surface area (Å²) in [6.07, 6.45) is 5.32. The number of esters is 1. The van der Waals surface area contributed by atoms with Gasteiger partial charge in [-0.1, -0.05) is 0 Å². The number of carbonyl (C=O) groups excluding carboxylic acids is 1. The van der Waals surface area contributed by atoms with Crippen molar-refractivity contribution in [1.29, 1.82) is 0 Å². The van der Waals surface area contributed by atoms with Crippen molar-refractivity contribution in [3.05, 3.63) is 18.5 Å². The molecule has 2 heterocycles. The Hall–Kier alpha value is -1.34. The van der Waals surface area contributed by atoms with Crippen molar-refractivity contribution in [2.45, 2.75) is 30.2 Å². The molecule has 0 amide bonds. The lowest BCUT2D eigenvalue weighted by Crippen LogP contribution is -2.48. The molecule has 1 aliphatic heterocycles. The normalized spacial score (nSPS) is 21.3. The van der Waals surface area contributed by atoms with Gasteiger partial charge in [0.2, 0.25) is 10.0 Å². The number of hydrogen-bond donors (Lipinski definition) is 0. The fourth-order valence-electron chi connectivity index (χ4n) is 2.33. The number of carbonyl (C=O) groups is 1. The summed E-state index contributed by atoms with van der Waals surface area (Å²) < 4.78 is 32.7. The highest BCUT2D eigenvalue weighted by atomic mass is 32.2. The maximum Gasteiger partial charge on any atom is 0.324 e. The highest BCUT2D eigenvalue weighted by Gasteiger charge is 2.38. The van der Waals surface area contributed by atoms with E-state index in [0.29, 0.717) is 13.0 Å². The quantitative estimate of drug-likeness (QED) is 0.769. The average Bonchev–Trinajstić information content (AvgIpc) is 2.85. The van der Waals surface area contributed by atoms with E-state index in [-0.39, 0.29) is 4.90 Å². The minimum atomic E-state index is -3.63. The van der Waals surface area contributed by atoms with Gasteiger partial charge in [0.1, 0.15) is 6.04 Å². The number of methoxy groups -OCH3 is 1. The number of aromatic nitrogens is 1. The summed E-state index contributed by atoms with van der Waals surface area (Å²) in [5.41, 5.74) is 0. The van der Waals surface area contributed by atoms with E-state index in [1.165, 1.54) is 23.7 Å². The third-order valence-electron chi connectivity index (χ3n) is 3.34. The summed E-state index contributed by atoms with van der Waals surface area (Å²) in [6.45, 7) is 0.358. The SMILES string of the molecule is COC(=O)C1CCCCN1S(=O)(=O)c1ccn(C)c1. The van der Waals surface area contributed by atoms with Gasteiger partial charge in [-0.3, -0.25) is 4.79 Å². The van der Waals surface area contributed by atoms with E-state index >= 15 is 0 Å². The molecule has 1 fully saturated rings. The third-order valence-corrected chi connectivity index (χ3v) is 5.23. The van der Waals surface area contributed by atoms with Crippen LogP contribution in [0.25, 0.3) is 0 Å². The van der Waals surface area contributed by atoms with Crippen LogP contribution < -0.4 is 0 Å². The molecule has 1 saturated heterocycles. The van der Waals surface area contributed by atoms with Crippen LogP contribution in [-0.2, 0) is 26.6 Å². The van der Waals surface area contributed by atoms with E-state index in [0.717, 1.165) is 12.8 Å². The molecule has 1 atom stereocenters. The van der Waals surface area contributed by atoms with Crippen LogP contribution in [0.15, 0.2) is 23.4 Å². The van der Waals surface area contributed by atoms with Crippen LogP contribution >= 0.6 is 0 Å². The number of ether oxygens (including phenoxy) is 1. The Bertz CT molecular complexity index is 564. The third kappa shape index (κ3) is 2.66. The largest absolute Gasteiger partial charge is 0.468 e. The molecule has 0 radical (unpaired) electrons. The molecule has 0 aliphatic carbocycles. The Kier molecular flexibility index (Phi) is 3.96. The van der Waals surface area contributed by atoms with Crippen LogP contribution in [0.4, 0.5) is 0 Å². The summed E-state index contributed by atoms with van der Waals surface area (Å²) in [5.74, 6) is -0.487. The van der Waals surface area contributed by atoms with Crippen LogP contribution in [0, 0.1) is 0 Å². The first-order valence-electron chi connectivity index (χ1n) is 6.18. The second-order valence-corrected chi connectivity index (χ2v) is 6.55. The standard InChI is InChI=1S/C12H18N2O4S/c1-13-8-6-10(9-13)19(16,17)14-7-4-3-5-11(14)12(15)18-2/h6,8-9,11H,3-5,7H2,1-2H3. The highest BCUT2D eigenvalue weighted by Crippen LogP contribution is 2.26. The molecule has 1 aliphatic rings. The molecular weight excluding hydrogens is 268 g/mol. The maximum atomic E-state index is 12.5. The predicted octanol–water partition coefficient (Wildman–Crippen LogP) is 0.741. The monoisotopic (exact) mass is 286 g/mol. The summed E-state index contributed by atoms with van der Waals surface area (Å²) in [6, 6.07) is 0.835. The summed E-state index contributed by atoms with van der Waals surface area (Å²) in [4.78, 5) is 11.9. The minimum absolute atomic E-state index is 0.214. The van der Waals surface area contributed by atoms with Crippen LogP contribution in [0.5, 0.6) is 0 Å². The van der Waals surface area contributed by atoms with Gasteiger partial charge < -0.3 is 9.30 Å². The highest BCUT2D eigenvalue weighted by molar-refractivity contribution is 7.89. The summed E-state index contributed by atoms with van der Waals surface area (Å²) in [7, 11) is -0.595. The van der Waals surface area contributed by atoms with Gasteiger partial charge in [0.15, 0.2) is 0 Å². The number of hydrogen-bond acceptors (Lipinski definition) is 4. The number of nitrogens with zero attached hydrogens (tertiary/aromatic N) is 2. The number of sulfonamides is 1. The van der Waals surface area contributed by atoms with Gasteiger partial charge in [0.05, 0.1) is 12.0 Å². The molecule has 6 nitrogen and oxygen atoms in total. The molecule has 0 N–H and O–H groups in total. The lowest BCUT2D eigenvalue weighted by atomic mass is 10.1. The van der Waals surface area contributed by atoms with Gasteiger partial charge in [0, 0.05) is 26.0 Å². The molecule has 0 saturated carbocycles. The minimum Gasteiger partial charge on any atom is -0.468 e. The van der Waals surface area contributed by atoms with Crippen molar-refractivity contribution in [2.75, 3.05) is 13.7 Å². The van der Waals surface area contributed by atoms with E-state index < -0.39 is 22.0 Å². The van der Waals surface area contributed by atoms with Crippen molar-refractivity contribution in [3.8, 4) is 0 Å². The summed E-state index contributed by atoms with van der Waals surface area (Å²) in [5, 5.41) is 0. The first kappa shape index (κ1) is 14.1. The molecule has 0 aromatic carbocycles. The van der Waals surface area contributed by atoms with Crippen molar-refractivity contribution < 1.29 is 17.9 Å². The van der Waals surface area contributed by atoms with E-state index in [4.69, 9.17) is 4.74 Å². The molecule has 7 heteroatoms.